The van der Waals surface area contributed by atoms with Gasteiger partial charge >= 0.3 is 0 Å². The van der Waals surface area contributed by atoms with Gasteiger partial charge in [-0.05, 0) is 18.8 Å². The average Bonchev–Trinajstić information content (AvgIpc) is 2.30. The molecule has 0 saturated carbocycles. The quantitative estimate of drug-likeness (QED) is 0.701. The molecular formula is C10H14ClN3. The maximum atomic E-state index is 5.83. The molecule has 2 rings (SSSR count). The van der Waals surface area contributed by atoms with E-state index in [0.717, 1.165) is 24.8 Å². The van der Waals surface area contributed by atoms with Gasteiger partial charge in [-0.25, -0.2) is 4.98 Å². The van der Waals surface area contributed by atoms with Crippen molar-refractivity contribution in [2.24, 2.45) is 5.92 Å². The van der Waals surface area contributed by atoms with Crippen molar-refractivity contribution in [2.75, 3.05) is 23.9 Å². The highest BCUT2D eigenvalue weighted by Gasteiger charge is 2.18. The summed E-state index contributed by atoms with van der Waals surface area (Å²) in [6, 6.07) is 0. The first-order chi connectivity index (χ1) is 6.90. The van der Waals surface area contributed by atoms with E-state index in [1.54, 1.807) is 12.4 Å². The summed E-state index contributed by atoms with van der Waals surface area (Å²) in [6.45, 7) is 2.10. The summed E-state index contributed by atoms with van der Waals surface area (Å²) >= 11 is 5.83. The molecular weight excluding hydrogens is 198 g/mol. The molecule has 0 spiro atoms. The van der Waals surface area contributed by atoms with Crippen molar-refractivity contribution in [3.05, 3.63) is 18.6 Å². The number of halogens is 1. The van der Waals surface area contributed by atoms with Crippen molar-refractivity contribution < 1.29 is 0 Å². The van der Waals surface area contributed by atoms with E-state index in [9.17, 15) is 0 Å². The van der Waals surface area contributed by atoms with Crippen LogP contribution in [0.1, 0.15) is 12.8 Å². The van der Waals surface area contributed by atoms with E-state index >= 15 is 0 Å². The molecule has 0 amide bonds. The number of hydrogen-bond donors (Lipinski definition) is 0. The second-order valence-corrected chi connectivity index (χ2v) is 3.96. The fourth-order valence-corrected chi connectivity index (χ4v) is 2.08. The zero-order valence-corrected chi connectivity index (χ0v) is 8.82. The number of anilines is 1. The molecule has 0 bridgehead atoms. The molecule has 1 aliphatic rings. The second-order valence-electron chi connectivity index (χ2n) is 3.65. The van der Waals surface area contributed by atoms with Gasteiger partial charge in [-0.3, -0.25) is 4.98 Å². The van der Waals surface area contributed by atoms with Crippen molar-refractivity contribution in [2.45, 2.75) is 12.8 Å². The Morgan fingerprint density at radius 1 is 1.36 bits per heavy atom. The molecule has 1 fully saturated rings. The first-order valence-electron chi connectivity index (χ1n) is 4.97. The molecule has 1 aliphatic heterocycles. The number of alkyl halides is 1. The van der Waals surface area contributed by atoms with E-state index in [2.05, 4.69) is 14.9 Å². The van der Waals surface area contributed by atoms with Crippen LogP contribution in [0.15, 0.2) is 18.6 Å². The molecule has 0 N–H and O–H groups in total. The predicted molar refractivity (Wildman–Crippen MR) is 57.7 cm³/mol. The fraction of sp³-hybridized carbons (Fsp3) is 0.600. The van der Waals surface area contributed by atoms with Gasteiger partial charge in [0, 0.05) is 31.4 Å². The van der Waals surface area contributed by atoms with E-state index < -0.39 is 0 Å². The van der Waals surface area contributed by atoms with Crippen LogP contribution in [0.4, 0.5) is 5.82 Å². The zero-order valence-electron chi connectivity index (χ0n) is 8.06. The molecule has 1 aromatic rings. The van der Waals surface area contributed by atoms with Crippen molar-refractivity contribution >= 4 is 17.4 Å². The van der Waals surface area contributed by atoms with Crippen molar-refractivity contribution in [3.63, 3.8) is 0 Å². The molecule has 14 heavy (non-hydrogen) atoms. The van der Waals surface area contributed by atoms with Crippen LogP contribution in [0.5, 0.6) is 0 Å². The molecule has 4 heteroatoms. The lowest BCUT2D eigenvalue weighted by atomic mass is 9.99. The lowest BCUT2D eigenvalue weighted by Crippen LogP contribution is -2.34. The minimum absolute atomic E-state index is 0.685. The van der Waals surface area contributed by atoms with Crippen molar-refractivity contribution in [3.8, 4) is 0 Å². The molecule has 76 valence electrons. The monoisotopic (exact) mass is 211 g/mol. The Bertz CT molecular complexity index is 270. The lowest BCUT2D eigenvalue weighted by molar-refractivity contribution is 0.440. The SMILES string of the molecule is ClCC1CCN(c2cnccn2)CC1. The molecule has 0 unspecified atom stereocenters. The summed E-state index contributed by atoms with van der Waals surface area (Å²) in [7, 11) is 0. The van der Waals surface area contributed by atoms with Crippen LogP contribution in [0.2, 0.25) is 0 Å². The highest BCUT2D eigenvalue weighted by Crippen LogP contribution is 2.21. The molecule has 0 atom stereocenters. The van der Waals surface area contributed by atoms with E-state index in [0.29, 0.717) is 5.92 Å². The van der Waals surface area contributed by atoms with E-state index in [1.165, 1.54) is 12.8 Å². The summed E-state index contributed by atoms with van der Waals surface area (Å²) in [5.41, 5.74) is 0. The standard InChI is InChI=1S/C10H14ClN3/c11-7-9-1-5-14(6-2-9)10-8-12-3-4-13-10/h3-4,8-9H,1-2,5-7H2. The number of rotatable bonds is 2. The summed E-state index contributed by atoms with van der Waals surface area (Å²) in [5, 5.41) is 0. The Morgan fingerprint density at radius 2 is 2.14 bits per heavy atom. The van der Waals surface area contributed by atoms with E-state index in [4.69, 9.17) is 11.6 Å². The summed E-state index contributed by atoms with van der Waals surface area (Å²) in [5.74, 6) is 2.46. The summed E-state index contributed by atoms with van der Waals surface area (Å²) in [4.78, 5) is 10.6. The Hall–Kier alpha value is -0.830. The molecule has 0 aliphatic carbocycles. The van der Waals surface area contributed by atoms with Crippen LogP contribution in [0.25, 0.3) is 0 Å². The van der Waals surface area contributed by atoms with Crippen LogP contribution in [-0.2, 0) is 0 Å². The zero-order chi connectivity index (χ0) is 9.80. The van der Waals surface area contributed by atoms with Crippen LogP contribution in [-0.4, -0.2) is 28.9 Å². The molecule has 0 radical (unpaired) electrons. The smallest absolute Gasteiger partial charge is 0.147 e. The van der Waals surface area contributed by atoms with Crippen LogP contribution < -0.4 is 4.90 Å². The predicted octanol–water partition coefficient (Wildman–Crippen LogP) is 1.93. The van der Waals surface area contributed by atoms with Crippen molar-refractivity contribution in [1.29, 1.82) is 0 Å². The molecule has 1 saturated heterocycles. The van der Waals surface area contributed by atoms with Gasteiger partial charge < -0.3 is 4.90 Å². The Morgan fingerprint density at radius 3 is 2.71 bits per heavy atom. The number of hydrogen-bond acceptors (Lipinski definition) is 3. The van der Waals surface area contributed by atoms with Crippen LogP contribution in [0.3, 0.4) is 0 Å². The van der Waals surface area contributed by atoms with Gasteiger partial charge in [0.05, 0.1) is 6.20 Å². The first-order valence-corrected chi connectivity index (χ1v) is 5.50. The Kier molecular flexibility index (Phi) is 3.19. The summed E-state index contributed by atoms with van der Waals surface area (Å²) < 4.78 is 0. The molecule has 3 nitrogen and oxygen atoms in total. The molecule has 0 aromatic carbocycles. The number of nitrogens with zero attached hydrogens (tertiary/aromatic N) is 3. The number of aromatic nitrogens is 2. The molecule has 2 heterocycles. The minimum Gasteiger partial charge on any atom is -0.355 e. The van der Waals surface area contributed by atoms with E-state index in [-0.39, 0.29) is 0 Å². The average molecular weight is 212 g/mol. The van der Waals surface area contributed by atoms with E-state index in [1.807, 2.05) is 6.20 Å². The van der Waals surface area contributed by atoms with Crippen LogP contribution >= 0.6 is 11.6 Å². The van der Waals surface area contributed by atoms with Gasteiger partial charge in [-0.1, -0.05) is 0 Å². The minimum atomic E-state index is 0.685. The highest BCUT2D eigenvalue weighted by atomic mass is 35.5. The fourth-order valence-electron chi connectivity index (χ4n) is 1.77. The summed E-state index contributed by atoms with van der Waals surface area (Å²) in [6.07, 6.45) is 7.60. The topological polar surface area (TPSA) is 29.0 Å². The van der Waals surface area contributed by atoms with Gasteiger partial charge in [0.25, 0.3) is 0 Å². The third-order valence-electron chi connectivity index (χ3n) is 2.71. The Balaban J connectivity index is 1.96. The molecule has 1 aromatic heterocycles. The van der Waals surface area contributed by atoms with Gasteiger partial charge in [-0.2, -0.15) is 0 Å². The van der Waals surface area contributed by atoms with Gasteiger partial charge in [0.15, 0.2) is 0 Å². The Labute approximate surface area is 89.1 Å². The normalized spacial score (nSPS) is 18.5. The third kappa shape index (κ3) is 2.15. The largest absolute Gasteiger partial charge is 0.355 e. The first kappa shape index (κ1) is 9.71. The highest BCUT2D eigenvalue weighted by molar-refractivity contribution is 6.18. The van der Waals surface area contributed by atoms with Gasteiger partial charge in [-0.15, -0.1) is 11.6 Å². The van der Waals surface area contributed by atoms with Crippen LogP contribution in [0, 0.1) is 5.92 Å². The number of piperidine rings is 1. The van der Waals surface area contributed by atoms with Crippen molar-refractivity contribution in [1.82, 2.24) is 9.97 Å². The van der Waals surface area contributed by atoms with Gasteiger partial charge in [0.1, 0.15) is 5.82 Å². The third-order valence-corrected chi connectivity index (χ3v) is 3.14. The maximum absolute atomic E-state index is 5.83. The lowest BCUT2D eigenvalue weighted by Gasteiger charge is -2.31. The van der Waals surface area contributed by atoms with Gasteiger partial charge in [0.2, 0.25) is 0 Å². The second kappa shape index (κ2) is 4.60. The maximum Gasteiger partial charge on any atom is 0.147 e.